The minimum absolute atomic E-state index is 0.494. The van der Waals surface area contributed by atoms with E-state index in [0.29, 0.717) is 6.42 Å². The van der Waals surface area contributed by atoms with Crippen molar-refractivity contribution >= 4 is 15.9 Å². The molecule has 1 aliphatic heterocycles. The van der Waals surface area contributed by atoms with Gasteiger partial charge in [-0.15, -0.1) is 0 Å². The zero-order chi connectivity index (χ0) is 12.3. The maximum absolute atomic E-state index is 9.96. The monoisotopic (exact) mass is 298 g/mol. The standard InChI is InChI=1S/C13H15BrO3/c1-12(2)16-10-5-8(7-13(15)3-4-13)9(14)6-11(10)17-12/h5-6,15H,3-4,7H2,1-2H3. The van der Waals surface area contributed by atoms with E-state index in [1.165, 1.54) is 0 Å². The molecule has 0 saturated heterocycles. The first-order valence-electron chi connectivity index (χ1n) is 5.80. The highest BCUT2D eigenvalue weighted by Crippen LogP contribution is 2.45. The molecule has 1 aliphatic carbocycles. The lowest BCUT2D eigenvalue weighted by Crippen LogP contribution is -2.29. The van der Waals surface area contributed by atoms with Crippen LogP contribution in [0.5, 0.6) is 11.5 Å². The van der Waals surface area contributed by atoms with Crippen LogP contribution in [0.3, 0.4) is 0 Å². The van der Waals surface area contributed by atoms with Crippen LogP contribution in [0.4, 0.5) is 0 Å². The van der Waals surface area contributed by atoms with Crippen molar-refractivity contribution in [2.45, 2.75) is 44.5 Å². The molecule has 1 heterocycles. The summed E-state index contributed by atoms with van der Waals surface area (Å²) in [7, 11) is 0. The van der Waals surface area contributed by atoms with Gasteiger partial charge in [-0.2, -0.15) is 0 Å². The molecule has 1 saturated carbocycles. The van der Waals surface area contributed by atoms with Crippen LogP contribution >= 0.6 is 15.9 Å². The van der Waals surface area contributed by atoms with E-state index in [-0.39, 0.29) is 0 Å². The fraction of sp³-hybridized carbons (Fsp3) is 0.538. The van der Waals surface area contributed by atoms with Gasteiger partial charge in [0.2, 0.25) is 5.79 Å². The molecule has 0 spiro atoms. The average Bonchev–Trinajstić information content (AvgIpc) is 2.82. The van der Waals surface area contributed by atoms with Crippen molar-refractivity contribution in [3.63, 3.8) is 0 Å². The smallest absolute Gasteiger partial charge is 0.246 e. The molecule has 2 aliphatic rings. The molecule has 92 valence electrons. The molecule has 3 rings (SSSR count). The number of hydrogen-bond donors (Lipinski definition) is 1. The second-order valence-corrected chi connectivity index (χ2v) is 6.25. The Morgan fingerprint density at radius 1 is 1.24 bits per heavy atom. The first-order valence-corrected chi connectivity index (χ1v) is 6.59. The molecular weight excluding hydrogens is 284 g/mol. The van der Waals surface area contributed by atoms with E-state index in [1.807, 2.05) is 26.0 Å². The lowest BCUT2D eigenvalue weighted by Gasteiger charge is -2.16. The van der Waals surface area contributed by atoms with Gasteiger partial charge < -0.3 is 14.6 Å². The molecule has 17 heavy (non-hydrogen) atoms. The summed E-state index contributed by atoms with van der Waals surface area (Å²) in [4.78, 5) is 0. The average molecular weight is 299 g/mol. The minimum Gasteiger partial charge on any atom is -0.449 e. The second kappa shape index (κ2) is 3.39. The zero-order valence-electron chi connectivity index (χ0n) is 9.92. The van der Waals surface area contributed by atoms with Crippen molar-refractivity contribution in [3.05, 3.63) is 22.2 Å². The largest absolute Gasteiger partial charge is 0.449 e. The van der Waals surface area contributed by atoms with E-state index >= 15 is 0 Å². The predicted molar refractivity (Wildman–Crippen MR) is 67.4 cm³/mol. The van der Waals surface area contributed by atoms with Gasteiger partial charge in [0.05, 0.1) is 5.60 Å². The number of benzene rings is 1. The first-order chi connectivity index (χ1) is 7.87. The Balaban J connectivity index is 1.92. The highest BCUT2D eigenvalue weighted by atomic mass is 79.9. The van der Waals surface area contributed by atoms with Crippen molar-refractivity contribution < 1.29 is 14.6 Å². The second-order valence-electron chi connectivity index (χ2n) is 5.40. The number of hydrogen-bond acceptors (Lipinski definition) is 3. The predicted octanol–water partition coefficient (Wildman–Crippen LogP) is 3.02. The number of rotatable bonds is 2. The molecule has 0 unspecified atom stereocenters. The van der Waals surface area contributed by atoms with Crippen molar-refractivity contribution in [2.75, 3.05) is 0 Å². The molecule has 1 aromatic rings. The van der Waals surface area contributed by atoms with E-state index in [0.717, 1.165) is 34.4 Å². The third-order valence-electron chi connectivity index (χ3n) is 3.17. The zero-order valence-corrected chi connectivity index (χ0v) is 11.5. The van der Waals surface area contributed by atoms with Gasteiger partial charge in [-0.1, -0.05) is 15.9 Å². The third kappa shape index (κ3) is 2.16. The fourth-order valence-corrected chi connectivity index (χ4v) is 2.56. The molecule has 0 aromatic heterocycles. The Morgan fingerprint density at radius 2 is 1.82 bits per heavy atom. The Morgan fingerprint density at radius 3 is 2.41 bits per heavy atom. The van der Waals surface area contributed by atoms with Crippen LogP contribution in [-0.2, 0) is 6.42 Å². The molecule has 3 nitrogen and oxygen atoms in total. The van der Waals surface area contributed by atoms with Crippen LogP contribution < -0.4 is 9.47 Å². The molecule has 0 atom stereocenters. The van der Waals surface area contributed by atoms with E-state index in [1.54, 1.807) is 0 Å². The van der Waals surface area contributed by atoms with Crippen LogP contribution in [0.2, 0.25) is 0 Å². The van der Waals surface area contributed by atoms with Crippen molar-refractivity contribution in [1.29, 1.82) is 0 Å². The maximum Gasteiger partial charge on any atom is 0.246 e. The number of ether oxygens (including phenoxy) is 2. The molecule has 0 radical (unpaired) electrons. The van der Waals surface area contributed by atoms with Crippen LogP contribution in [0.25, 0.3) is 0 Å². The van der Waals surface area contributed by atoms with Crippen LogP contribution in [0.15, 0.2) is 16.6 Å². The quantitative estimate of drug-likeness (QED) is 0.912. The summed E-state index contributed by atoms with van der Waals surface area (Å²) >= 11 is 3.52. The van der Waals surface area contributed by atoms with Gasteiger partial charge >= 0.3 is 0 Å². The normalized spacial score (nSPS) is 22.6. The lowest BCUT2D eigenvalue weighted by atomic mass is 10.1. The topological polar surface area (TPSA) is 38.7 Å². The highest BCUT2D eigenvalue weighted by Gasteiger charge is 2.41. The summed E-state index contributed by atoms with van der Waals surface area (Å²) in [6.45, 7) is 3.77. The molecular formula is C13H15BrO3. The van der Waals surface area contributed by atoms with Gasteiger partial charge in [-0.25, -0.2) is 0 Å². The summed E-state index contributed by atoms with van der Waals surface area (Å²) in [5.41, 5.74) is 0.580. The summed E-state index contributed by atoms with van der Waals surface area (Å²) in [6, 6.07) is 3.88. The third-order valence-corrected chi connectivity index (χ3v) is 3.91. The Hall–Kier alpha value is -0.740. The maximum atomic E-state index is 9.96. The van der Waals surface area contributed by atoms with E-state index in [2.05, 4.69) is 15.9 Å². The number of halogens is 1. The lowest BCUT2D eigenvalue weighted by molar-refractivity contribution is -0.0431. The van der Waals surface area contributed by atoms with Crippen molar-refractivity contribution in [3.8, 4) is 11.5 Å². The van der Waals surface area contributed by atoms with Crippen LogP contribution in [-0.4, -0.2) is 16.5 Å². The summed E-state index contributed by atoms with van der Waals surface area (Å²) < 4.78 is 12.3. The fourth-order valence-electron chi connectivity index (χ4n) is 2.10. The van der Waals surface area contributed by atoms with E-state index in [4.69, 9.17) is 9.47 Å². The number of fused-ring (bicyclic) bond motifs is 1. The van der Waals surface area contributed by atoms with Crippen LogP contribution in [0.1, 0.15) is 32.3 Å². The van der Waals surface area contributed by atoms with Gasteiger partial charge in [0.15, 0.2) is 11.5 Å². The van der Waals surface area contributed by atoms with Crippen molar-refractivity contribution in [2.24, 2.45) is 0 Å². The van der Waals surface area contributed by atoms with E-state index < -0.39 is 11.4 Å². The number of aliphatic hydroxyl groups is 1. The summed E-state index contributed by atoms with van der Waals surface area (Å²) in [5, 5.41) is 9.96. The van der Waals surface area contributed by atoms with Gasteiger partial charge in [0.25, 0.3) is 0 Å². The molecule has 0 bridgehead atoms. The van der Waals surface area contributed by atoms with Gasteiger partial charge in [-0.3, -0.25) is 0 Å². The van der Waals surface area contributed by atoms with Crippen LogP contribution in [0, 0.1) is 0 Å². The molecule has 1 aromatic carbocycles. The highest BCUT2D eigenvalue weighted by molar-refractivity contribution is 9.10. The minimum atomic E-state index is -0.600. The van der Waals surface area contributed by atoms with Gasteiger partial charge in [-0.05, 0) is 30.5 Å². The van der Waals surface area contributed by atoms with Gasteiger partial charge in [0.1, 0.15) is 0 Å². The first kappa shape index (κ1) is 11.4. The van der Waals surface area contributed by atoms with Crippen molar-refractivity contribution in [1.82, 2.24) is 0 Å². The Labute approximate surface area is 109 Å². The van der Waals surface area contributed by atoms with E-state index in [9.17, 15) is 5.11 Å². The Kier molecular flexibility index (Phi) is 2.26. The SMILES string of the molecule is CC1(C)Oc2cc(Br)c(CC3(O)CC3)cc2O1. The summed E-state index contributed by atoms with van der Waals surface area (Å²) in [6.07, 6.45) is 2.45. The molecule has 0 amide bonds. The molecule has 4 heteroatoms. The van der Waals surface area contributed by atoms with Gasteiger partial charge in [0, 0.05) is 24.7 Å². The molecule has 1 N–H and O–H groups in total. The summed E-state index contributed by atoms with van der Waals surface area (Å²) in [5.74, 6) is 0.919. The molecule has 1 fully saturated rings. The Bertz CT molecular complexity index is 478.